The molecule has 0 nitrogen and oxygen atoms in total. The van der Waals surface area contributed by atoms with E-state index in [1.165, 1.54) is 0 Å². The van der Waals surface area contributed by atoms with Crippen LogP contribution in [0.5, 0.6) is 0 Å². The number of hydrogen-bond donors (Lipinski definition) is 0. The smallest absolute Gasteiger partial charge is 0.126 e. The van der Waals surface area contributed by atoms with Gasteiger partial charge in [0, 0.05) is 0 Å². The van der Waals surface area contributed by atoms with Crippen molar-refractivity contribution in [1.82, 2.24) is 0 Å². The largest absolute Gasteiger partial charge is 0.129 e. The van der Waals surface area contributed by atoms with E-state index < -0.39 is 16.1 Å². The van der Waals surface area contributed by atoms with Gasteiger partial charge >= 0.3 is 0 Å². The van der Waals surface area contributed by atoms with E-state index >= 15 is 0 Å². The van der Waals surface area contributed by atoms with Crippen molar-refractivity contribution < 1.29 is 0 Å². The molecule has 0 bridgehead atoms. The van der Waals surface area contributed by atoms with Crippen LogP contribution in [0.2, 0.25) is 39.3 Å². The highest BCUT2D eigenvalue weighted by atomic mass is 28.3. The number of hydrogen-bond acceptors (Lipinski definition) is 0. The van der Waals surface area contributed by atoms with Crippen molar-refractivity contribution in [1.29, 1.82) is 0 Å². The van der Waals surface area contributed by atoms with E-state index in [1.54, 1.807) is 0 Å². The van der Waals surface area contributed by atoms with E-state index in [4.69, 9.17) is 0 Å². The first-order valence-corrected chi connectivity index (χ1v) is 11.9. The van der Waals surface area contributed by atoms with E-state index in [2.05, 4.69) is 68.8 Å². The minimum absolute atomic E-state index is 0.773. The molecule has 0 saturated carbocycles. The van der Waals surface area contributed by atoms with Crippen molar-refractivity contribution in [2.75, 3.05) is 0 Å². The molecule has 0 aromatic rings. The van der Waals surface area contributed by atoms with E-state index in [0.717, 1.165) is 5.57 Å². The van der Waals surface area contributed by atoms with Crippen molar-refractivity contribution in [3.63, 3.8) is 0 Å². The normalized spacial score (nSPS) is 10.7. The maximum absolute atomic E-state index is 3.86. The molecule has 0 aliphatic carbocycles. The second-order valence-corrected chi connectivity index (χ2v) is 15.0. The predicted octanol–water partition coefficient (Wildman–Crippen LogP) is 3.30. The van der Waals surface area contributed by atoms with Crippen LogP contribution in [-0.4, -0.2) is 16.1 Å². The third kappa shape index (κ3) is 9.38. The monoisotopic (exact) mass is 220 g/mol. The lowest BCUT2D eigenvalue weighted by Crippen LogP contribution is -2.17. The summed E-state index contributed by atoms with van der Waals surface area (Å²) in [4.78, 5) is 0. The molecule has 0 heterocycles. The van der Waals surface area contributed by atoms with Crippen LogP contribution in [0, 0.1) is 22.9 Å². The average molecular weight is 220 g/mol. The van der Waals surface area contributed by atoms with Gasteiger partial charge < -0.3 is 0 Å². The summed E-state index contributed by atoms with van der Waals surface area (Å²) in [5.74, 6) is 6.12. The molecule has 0 amide bonds. The Labute approximate surface area is 90.8 Å². The second kappa shape index (κ2) is 4.69. The predicted molar refractivity (Wildman–Crippen MR) is 71.4 cm³/mol. The third-order valence-electron chi connectivity index (χ3n) is 1.18. The molecular formula is C12H20Si2. The molecule has 0 aromatic heterocycles. The van der Waals surface area contributed by atoms with Crippen LogP contribution in [0.25, 0.3) is 0 Å². The lowest BCUT2D eigenvalue weighted by Gasteiger charge is -2.04. The summed E-state index contributed by atoms with van der Waals surface area (Å²) in [7, 11) is -2.55. The summed E-state index contributed by atoms with van der Waals surface area (Å²) in [5, 5.41) is 0. The van der Waals surface area contributed by atoms with Crippen molar-refractivity contribution in [3.8, 4) is 22.9 Å². The lowest BCUT2D eigenvalue weighted by atomic mass is 10.3. The zero-order valence-corrected chi connectivity index (χ0v) is 12.2. The standard InChI is InChI=1S/C12H20Si2/c1-12(8-10-13(2,3)4)9-11-14(5,6)7/h1H2,2-7H3. The van der Waals surface area contributed by atoms with Crippen molar-refractivity contribution in [3.05, 3.63) is 12.2 Å². The summed E-state index contributed by atoms with van der Waals surface area (Å²) in [5.41, 5.74) is 7.29. The summed E-state index contributed by atoms with van der Waals surface area (Å²) in [6.07, 6.45) is 0. The topological polar surface area (TPSA) is 0 Å². The molecule has 0 aromatic carbocycles. The first-order valence-electron chi connectivity index (χ1n) is 4.85. The Morgan fingerprint density at radius 1 is 0.786 bits per heavy atom. The van der Waals surface area contributed by atoms with Crippen LogP contribution >= 0.6 is 0 Å². The zero-order chi connectivity index (χ0) is 11.4. The van der Waals surface area contributed by atoms with Gasteiger partial charge in [-0.3, -0.25) is 0 Å². The Hall–Kier alpha value is -0.706. The fraction of sp³-hybridized carbons (Fsp3) is 0.500. The van der Waals surface area contributed by atoms with Crippen LogP contribution in [0.4, 0.5) is 0 Å². The Kier molecular flexibility index (Phi) is 4.45. The molecule has 0 unspecified atom stereocenters. The molecule has 14 heavy (non-hydrogen) atoms. The first kappa shape index (κ1) is 13.3. The zero-order valence-electron chi connectivity index (χ0n) is 10.2. The van der Waals surface area contributed by atoms with Gasteiger partial charge in [-0.15, -0.1) is 11.1 Å². The minimum atomic E-state index is -1.27. The maximum Gasteiger partial charge on any atom is 0.129 e. The molecule has 0 aliphatic heterocycles. The Morgan fingerprint density at radius 3 is 1.29 bits per heavy atom. The van der Waals surface area contributed by atoms with Crippen LogP contribution in [-0.2, 0) is 0 Å². The highest BCUT2D eigenvalue weighted by molar-refractivity contribution is 6.84. The van der Waals surface area contributed by atoms with Gasteiger partial charge in [0.25, 0.3) is 0 Å². The molecule has 0 aliphatic rings. The first-order chi connectivity index (χ1) is 6.10. The Morgan fingerprint density at radius 2 is 1.07 bits per heavy atom. The lowest BCUT2D eigenvalue weighted by molar-refractivity contribution is 1.80. The molecule has 0 spiro atoms. The van der Waals surface area contributed by atoms with Crippen LogP contribution in [0.15, 0.2) is 12.2 Å². The SMILES string of the molecule is C=C(C#C[Si](C)(C)C)C#C[Si](C)(C)C. The number of allylic oxidation sites excluding steroid dienone is 1. The summed E-state index contributed by atoms with van der Waals surface area (Å²) in [6.45, 7) is 17.2. The van der Waals surface area contributed by atoms with E-state index in [1.807, 2.05) is 0 Å². The maximum atomic E-state index is 3.86. The fourth-order valence-corrected chi connectivity index (χ4v) is 1.61. The molecule has 0 atom stereocenters. The van der Waals surface area contributed by atoms with Gasteiger partial charge in [0.05, 0.1) is 5.57 Å². The quantitative estimate of drug-likeness (QED) is 0.434. The van der Waals surface area contributed by atoms with Crippen molar-refractivity contribution >= 4 is 16.1 Å². The van der Waals surface area contributed by atoms with Crippen LogP contribution in [0.1, 0.15) is 0 Å². The molecular weight excluding hydrogens is 200 g/mol. The molecule has 0 fully saturated rings. The Bertz CT molecular complexity index is 295. The molecule has 0 rings (SSSR count). The third-order valence-corrected chi connectivity index (χ3v) is 2.93. The van der Waals surface area contributed by atoms with E-state index in [0.29, 0.717) is 0 Å². The molecule has 0 radical (unpaired) electrons. The highest BCUT2D eigenvalue weighted by Gasteiger charge is 2.08. The average Bonchev–Trinajstić information content (AvgIpc) is 1.94. The van der Waals surface area contributed by atoms with Crippen LogP contribution in [0.3, 0.4) is 0 Å². The fourth-order valence-electron chi connectivity index (χ4n) is 0.557. The molecule has 76 valence electrons. The van der Waals surface area contributed by atoms with Gasteiger partial charge in [-0.05, 0) is 0 Å². The van der Waals surface area contributed by atoms with Crippen molar-refractivity contribution in [2.45, 2.75) is 39.3 Å². The van der Waals surface area contributed by atoms with E-state index in [-0.39, 0.29) is 0 Å². The van der Waals surface area contributed by atoms with Gasteiger partial charge in [0.2, 0.25) is 0 Å². The summed E-state index contributed by atoms with van der Waals surface area (Å²) < 4.78 is 0. The van der Waals surface area contributed by atoms with Gasteiger partial charge in [-0.1, -0.05) is 57.7 Å². The summed E-state index contributed by atoms with van der Waals surface area (Å²) in [6, 6.07) is 0. The van der Waals surface area contributed by atoms with Crippen molar-refractivity contribution in [2.24, 2.45) is 0 Å². The Balaban J connectivity index is 4.51. The number of rotatable bonds is 0. The highest BCUT2D eigenvalue weighted by Crippen LogP contribution is 1.99. The molecule has 0 saturated heterocycles. The minimum Gasteiger partial charge on any atom is -0.126 e. The van der Waals surface area contributed by atoms with Crippen LogP contribution < -0.4 is 0 Å². The van der Waals surface area contributed by atoms with Gasteiger partial charge in [-0.25, -0.2) is 0 Å². The van der Waals surface area contributed by atoms with Gasteiger partial charge in [0.15, 0.2) is 0 Å². The van der Waals surface area contributed by atoms with Gasteiger partial charge in [-0.2, -0.15) is 0 Å². The summed E-state index contributed by atoms with van der Waals surface area (Å²) >= 11 is 0. The second-order valence-electron chi connectivity index (χ2n) is 5.48. The molecule has 0 N–H and O–H groups in total. The van der Waals surface area contributed by atoms with E-state index in [9.17, 15) is 0 Å². The molecule has 2 heteroatoms. The van der Waals surface area contributed by atoms with Gasteiger partial charge in [0.1, 0.15) is 16.1 Å².